The number of unbranched alkanes of at least 4 members (excludes halogenated alkanes) is 1. The Hall–Kier alpha value is -0.0800. The number of hydrogen-bond donors (Lipinski definition) is 1. The SMILES string of the molecule is CN(CCCCO)CC1CCCCC1. The lowest BCUT2D eigenvalue weighted by Crippen LogP contribution is -2.28. The van der Waals surface area contributed by atoms with Gasteiger partial charge < -0.3 is 10.0 Å². The fourth-order valence-electron chi connectivity index (χ4n) is 2.40. The Morgan fingerprint density at radius 3 is 2.50 bits per heavy atom. The van der Waals surface area contributed by atoms with E-state index in [1.807, 2.05) is 0 Å². The molecule has 0 bridgehead atoms. The summed E-state index contributed by atoms with van der Waals surface area (Å²) in [6.07, 6.45) is 9.29. The maximum absolute atomic E-state index is 8.68. The maximum Gasteiger partial charge on any atom is 0.0431 e. The lowest BCUT2D eigenvalue weighted by atomic mass is 9.89. The Morgan fingerprint density at radius 2 is 1.86 bits per heavy atom. The molecule has 0 heterocycles. The summed E-state index contributed by atoms with van der Waals surface area (Å²) in [4.78, 5) is 2.44. The predicted molar refractivity (Wildman–Crippen MR) is 60.4 cm³/mol. The van der Waals surface area contributed by atoms with E-state index >= 15 is 0 Å². The van der Waals surface area contributed by atoms with Crippen molar-refractivity contribution in [2.75, 3.05) is 26.7 Å². The number of aliphatic hydroxyl groups excluding tert-OH is 1. The first-order chi connectivity index (χ1) is 6.83. The highest BCUT2D eigenvalue weighted by Crippen LogP contribution is 2.24. The van der Waals surface area contributed by atoms with Crippen molar-refractivity contribution in [3.8, 4) is 0 Å². The standard InChI is InChI=1S/C12H25NO/c1-13(9-5-6-10-14)11-12-7-3-2-4-8-12/h12,14H,2-11H2,1H3. The fraction of sp³-hybridized carbons (Fsp3) is 1.00. The van der Waals surface area contributed by atoms with Crippen LogP contribution in [-0.4, -0.2) is 36.8 Å². The van der Waals surface area contributed by atoms with Gasteiger partial charge in [0, 0.05) is 13.2 Å². The molecule has 0 unspecified atom stereocenters. The first kappa shape index (κ1) is 12.0. The molecule has 2 heteroatoms. The molecule has 0 aromatic heterocycles. The highest BCUT2D eigenvalue weighted by molar-refractivity contribution is 4.68. The minimum Gasteiger partial charge on any atom is -0.396 e. The molecule has 1 aliphatic carbocycles. The molecule has 0 radical (unpaired) electrons. The molecule has 1 fully saturated rings. The van der Waals surface area contributed by atoms with Crippen molar-refractivity contribution in [2.45, 2.75) is 44.9 Å². The first-order valence-electron chi connectivity index (χ1n) is 6.12. The van der Waals surface area contributed by atoms with E-state index < -0.39 is 0 Å². The zero-order chi connectivity index (χ0) is 10.2. The molecule has 1 N–H and O–H groups in total. The van der Waals surface area contributed by atoms with Crippen LogP contribution in [0, 0.1) is 5.92 Å². The van der Waals surface area contributed by atoms with Crippen LogP contribution in [0.15, 0.2) is 0 Å². The highest BCUT2D eigenvalue weighted by atomic mass is 16.2. The van der Waals surface area contributed by atoms with E-state index in [0.29, 0.717) is 6.61 Å². The molecule has 14 heavy (non-hydrogen) atoms. The highest BCUT2D eigenvalue weighted by Gasteiger charge is 2.14. The fourth-order valence-corrected chi connectivity index (χ4v) is 2.40. The summed E-state index contributed by atoms with van der Waals surface area (Å²) in [5, 5.41) is 8.68. The smallest absolute Gasteiger partial charge is 0.0431 e. The van der Waals surface area contributed by atoms with Crippen LogP contribution in [-0.2, 0) is 0 Å². The predicted octanol–water partition coefficient (Wildman–Crippen LogP) is 2.27. The Bertz CT molecular complexity index is 132. The zero-order valence-corrected chi connectivity index (χ0v) is 9.54. The monoisotopic (exact) mass is 199 g/mol. The van der Waals surface area contributed by atoms with Gasteiger partial charge in [0.1, 0.15) is 0 Å². The van der Waals surface area contributed by atoms with E-state index in [1.54, 1.807) is 0 Å². The van der Waals surface area contributed by atoms with Crippen LogP contribution >= 0.6 is 0 Å². The normalized spacial score (nSPS) is 19.1. The second-order valence-electron chi connectivity index (χ2n) is 4.70. The average Bonchev–Trinajstić information content (AvgIpc) is 2.20. The molecule has 0 saturated heterocycles. The molecular weight excluding hydrogens is 174 g/mol. The van der Waals surface area contributed by atoms with Gasteiger partial charge in [-0.25, -0.2) is 0 Å². The zero-order valence-electron chi connectivity index (χ0n) is 9.54. The Kier molecular flexibility index (Phi) is 6.20. The minimum atomic E-state index is 0.345. The molecule has 0 atom stereocenters. The summed E-state index contributed by atoms with van der Waals surface area (Å²) in [6.45, 7) is 2.76. The lowest BCUT2D eigenvalue weighted by Gasteiger charge is -2.26. The van der Waals surface area contributed by atoms with E-state index in [-0.39, 0.29) is 0 Å². The summed E-state index contributed by atoms with van der Waals surface area (Å²) in [5.41, 5.74) is 0. The van der Waals surface area contributed by atoms with Crippen molar-refractivity contribution in [2.24, 2.45) is 5.92 Å². The number of hydrogen-bond acceptors (Lipinski definition) is 2. The van der Waals surface area contributed by atoms with E-state index in [2.05, 4.69) is 11.9 Å². The van der Waals surface area contributed by atoms with Crippen molar-refractivity contribution in [1.82, 2.24) is 4.90 Å². The summed E-state index contributed by atoms with van der Waals surface area (Å²) in [5.74, 6) is 0.947. The van der Waals surface area contributed by atoms with Crippen LogP contribution < -0.4 is 0 Å². The van der Waals surface area contributed by atoms with Crippen LogP contribution in [0.4, 0.5) is 0 Å². The first-order valence-corrected chi connectivity index (χ1v) is 6.12. The van der Waals surface area contributed by atoms with Crippen molar-refractivity contribution in [3.05, 3.63) is 0 Å². The van der Waals surface area contributed by atoms with Crippen molar-refractivity contribution >= 4 is 0 Å². The molecule has 0 aliphatic heterocycles. The second kappa shape index (κ2) is 7.24. The van der Waals surface area contributed by atoms with Crippen molar-refractivity contribution < 1.29 is 5.11 Å². The molecule has 0 aromatic carbocycles. The van der Waals surface area contributed by atoms with Gasteiger partial charge in [0.25, 0.3) is 0 Å². The van der Waals surface area contributed by atoms with Crippen LogP contribution in [0.5, 0.6) is 0 Å². The van der Waals surface area contributed by atoms with Gasteiger partial charge in [0.2, 0.25) is 0 Å². The van der Waals surface area contributed by atoms with Crippen LogP contribution in [0.1, 0.15) is 44.9 Å². The number of rotatable bonds is 6. The van der Waals surface area contributed by atoms with Crippen LogP contribution in [0.25, 0.3) is 0 Å². The summed E-state index contributed by atoms with van der Waals surface area (Å²) < 4.78 is 0. The van der Waals surface area contributed by atoms with Gasteiger partial charge in [0.15, 0.2) is 0 Å². The molecule has 0 spiro atoms. The van der Waals surface area contributed by atoms with E-state index in [1.165, 1.54) is 38.6 Å². The topological polar surface area (TPSA) is 23.5 Å². The molecule has 1 rings (SSSR count). The van der Waals surface area contributed by atoms with Gasteiger partial charge in [-0.3, -0.25) is 0 Å². The second-order valence-corrected chi connectivity index (χ2v) is 4.70. The minimum absolute atomic E-state index is 0.345. The maximum atomic E-state index is 8.68. The van der Waals surface area contributed by atoms with Crippen molar-refractivity contribution in [1.29, 1.82) is 0 Å². The number of nitrogens with zero attached hydrogens (tertiary/aromatic N) is 1. The van der Waals surface area contributed by atoms with Gasteiger partial charge in [-0.05, 0) is 45.2 Å². The third-order valence-electron chi connectivity index (χ3n) is 3.24. The van der Waals surface area contributed by atoms with Gasteiger partial charge in [-0.2, -0.15) is 0 Å². The van der Waals surface area contributed by atoms with E-state index in [4.69, 9.17) is 5.11 Å². The van der Waals surface area contributed by atoms with E-state index in [0.717, 1.165) is 25.3 Å². The molecule has 0 aromatic rings. The summed E-state index contributed by atoms with van der Waals surface area (Å²) in [7, 11) is 2.21. The van der Waals surface area contributed by atoms with Gasteiger partial charge >= 0.3 is 0 Å². The van der Waals surface area contributed by atoms with E-state index in [9.17, 15) is 0 Å². The van der Waals surface area contributed by atoms with Crippen LogP contribution in [0.3, 0.4) is 0 Å². The largest absolute Gasteiger partial charge is 0.396 e. The summed E-state index contributed by atoms with van der Waals surface area (Å²) in [6, 6.07) is 0. The Morgan fingerprint density at radius 1 is 1.14 bits per heavy atom. The van der Waals surface area contributed by atoms with Gasteiger partial charge in [-0.15, -0.1) is 0 Å². The van der Waals surface area contributed by atoms with Crippen LogP contribution in [0.2, 0.25) is 0 Å². The molecule has 1 saturated carbocycles. The third-order valence-corrected chi connectivity index (χ3v) is 3.24. The Balaban J connectivity index is 2.03. The average molecular weight is 199 g/mol. The Labute approximate surface area is 88.3 Å². The molecule has 84 valence electrons. The van der Waals surface area contributed by atoms with Gasteiger partial charge in [0.05, 0.1) is 0 Å². The van der Waals surface area contributed by atoms with Gasteiger partial charge in [-0.1, -0.05) is 19.3 Å². The van der Waals surface area contributed by atoms with Crippen molar-refractivity contribution in [3.63, 3.8) is 0 Å². The molecule has 0 amide bonds. The quantitative estimate of drug-likeness (QED) is 0.663. The molecular formula is C12H25NO. The molecule has 2 nitrogen and oxygen atoms in total. The summed E-state index contributed by atoms with van der Waals surface area (Å²) >= 11 is 0. The lowest BCUT2D eigenvalue weighted by molar-refractivity contribution is 0.220. The third kappa shape index (κ3) is 4.97. The number of aliphatic hydroxyl groups is 1. The molecule has 1 aliphatic rings.